The molecule has 1 unspecified atom stereocenters. The molecule has 1 atom stereocenters. The predicted molar refractivity (Wildman–Crippen MR) is 261 cm³/mol. The highest BCUT2D eigenvalue weighted by atomic mass is 15.1. The van der Waals surface area contributed by atoms with Crippen LogP contribution in [0.5, 0.6) is 0 Å². The maximum Gasteiger partial charge on any atom is 0.0544 e. The van der Waals surface area contributed by atoms with Gasteiger partial charge in [0.15, 0.2) is 0 Å². The zero-order valence-electron chi connectivity index (χ0n) is 34.4. The molecule has 1 aromatic heterocycles. The third-order valence-corrected chi connectivity index (χ3v) is 12.4. The van der Waals surface area contributed by atoms with Gasteiger partial charge in [-0.2, -0.15) is 0 Å². The number of rotatable bonds is 9. The van der Waals surface area contributed by atoms with E-state index < -0.39 is 0 Å². The molecule has 10 aromatic rings. The summed E-state index contributed by atoms with van der Waals surface area (Å²) in [6.45, 7) is 0. The lowest BCUT2D eigenvalue weighted by Gasteiger charge is -2.30. The molecule has 62 heavy (non-hydrogen) atoms. The van der Waals surface area contributed by atoms with Crippen LogP contribution < -0.4 is 4.90 Å². The minimum atomic E-state index is 0.0897. The van der Waals surface area contributed by atoms with E-state index in [4.69, 9.17) is 0 Å². The van der Waals surface area contributed by atoms with Crippen LogP contribution in [0.15, 0.2) is 243 Å². The smallest absolute Gasteiger partial charge is 0.0544 e. The summed E-state index contributed by atoms with van der Waals surface area (Å²) in [5.74, 6) is 0.0897. The van der Waals surface area contributed by atoms with E-state index in [-0.39, 0.29) is 5.92 Å². The van der Waals surface area contributed by atoms with Gasteiger partial charge in [-0.15, -0.1) is 0 Å². The average Bonchev–Trinajstić information content (AvgIpc) is 3.69. The highest BCUT2D eigenvalue weighted by molar-refractivity contribution is 5.99. The van der Waals surface area contributed by atoms with E-state index in [1.54, 1.807) is 0 Å². The van der Waals surface area contributed by atoms with Crippen molar-refractivity contribution in [3.05, 3.63) is 265 Å². The molecule has 0 bridgehead atoms. The SMILES string of the molecule is C1=C(c2ccccc2)CC(c2cccc(N(c3ccc(-c4ccccc4)cc3)c3ccccc3-c3ccccc3)c2)c2c1n(-c1ccccc1)c1cc(-c3ccccc3)ccc21. The van der Waals surface area contributed by atoms with Gasteiger partial charge in [0.1, 0.15) is 0 Å². The first-order valence-corrected chi connectivity index (χ1v) is 21.5. The van der Waals surface area contributed by atoms with Crippen LogP contribution in [0.1, 0.15) is 34.7 Å². The maximum absolute atomic E-state index is 2.49. The van der Waals surface area contributed by atoms with E-state index in [1.165, 1.54) is 72.2 Å². The molecule has 0 saturated heterocycles. The van der Waals surface area contributed by atoms with Gasteiger partial charge in [0.05, 0.1) is 16.9 Å². The van der Waals surface area contributed by atoms with Crippen molar-refractivity contribution in [3.63, 3.8) is 0 Å². The van der Waals surface area contributed by atoms with Gasteiger partial charge in [-0.05, 0) is 111 Å². The van der Waals surface area contributed by atoms with Gasteiger partial charge in [-0.3, -0.25) is 0 Å². The fraction of sp³-hybridized carbons (Fsp3) is 0.0333. The molecule has 2 nitrogen and oxygen atoms in total. The Morgan fingerprint density at radius 2 is 0.952 bits per heavy atom. The topological polar surface area (TPSA) is 8.17 Å². The largest absolute Gasteiger partial charge is 0.310 e. The van der Waals surface area contributed by atoms with Crippen LogP contribution in [0.2, 0.25) is 0 Å². The second-order valence-electron chi connectivity index (χ2n) is 16.1. The van der Waals surface area contributed by atoms with Gasteiger partial charge < -0.3 is 9.47 Å². The molecule has 2 heteroatoms. The number of allylic oxidation sites excluding steroid dienone is 1. The normalized spacial score (nSPS) is 13.4. The Bertz CT molecular complexity index is 3170. The molecule has 0 N–H and O–H groups in total. The number of anilines is 3. The van der Waals surface area contributed by atoms with E-state index in [0.717, 1.165) is 29.2 Å². The first-order valence-electron chi connectivity index (χ1n) is 21.5. The quantitative estimate of drug-likeness (QED) is 0.141. The van der Waals surface area contributed by atoms with Crippen LogP contribution in [-0.4, -0.2) is 4.57 Å². The molecule has 294 valence electrons. The Morgan fingerprint density at radius 3 is 1.63 bits per heavy atom. The Hall–Kier alpha value is -7.94. The summed E-state index contributed by atoms with van der Waals surface area (Å²) in [4.78, 5) is 2.44. The monoisotopic (exact) mass is 792 g/mol. The van der Waals surface area contributed by atoms with Crippen molar-refractivity contribution >= 4 is 39.6 Å². The van der Waals surface area contributed by atoms with Gasteiger partial charge in [0.2, 0.25) is 0 Å². The highest BCUT2D eigenvalue weighted by Gasteiger charge is 2.31. The van der Waals surface area contributed by atoms with E-state index in [2.05, 4.69) is 258 Å². The fourth-order valence-electron chi connectivity index (χ4n) is 9.46. The standard InChI is InChI=1S/C60H44N2/c1-6-19-43(20-7-1)46-33-36-52(37-34-46)61(57-32-17-16-31-54(57)47-25-12-4-13-26-47)53-30-18-27-49(39-53)56-40-50(45-23-10-3-11-24-45)42-59-60(56)55-38-35-48(44-21-8-2-9-22-44)41-58(55)62(59)51-28-14-5-15-29-51/h1-39,41-42,56H,40H2. The third kappa shape index (κ3) is 6.92. The molecule has 0 spiro atoms. The van der Waals surface area contributed by atoms with Crippen molar-refractivity contribution in [2.45, 2.75) is 12.3 Å². The number of hydrogen-bond donors (Lipinski definition) is 0. The molecule has 1 aliphatic carbocycles. The van der Waals surface area contributed by atoms with E-state index in [1.807, 2.05) is 0 Å². The number of benzene rings is 9. The predicted octanol–water partition coefficient (Wildman–Crippen LogP) is 16.2. The molecule has 0 aliphatic heterocycles. The number of para-hydroxylation sites is 2. The van der Waals surface area contributed by atoms with Crippen molar-refractivity contribution in [1.82, 2.24) is 4.57 Å². The minimum absolute atomic E-state index is 0.0897. The molecule has 1 aliphatic rings. The van der Waals surface area contributed by atoms with Crippen LogP contribution in [-0.2, 0) is 0 Å². The number of nitrogens with zero attached hydrogens (tertiary/aromatic N) is 2. The molecule has 0 saturated carbocycles. The van der Waals surface area contributed by atoms with Crippen molar-refractivity contribution in [3.8, 4) is 39.1 Å². The average molecular weight is 793 g/mol. The van der Waals surface area contributed by atoms with E-state index in [9.17, 15) is 0 Å². The summed E-state index contributed by atoms with van der Waals surface area (Å²) in [7, 11) is 0. The van der Waals surface area contributed by atoms with Gasteiger partial charge in [-0.1, -0.05) is 194 Å². The van der Waals surface area contributed by atoms with Crippen LogP contribution >= 0.6 is 0 Å². The summed E-state index contributed by atoms with van der Waals surface area (Å²) < 4.78 is 2.49. The second-order valence-corrected chi connectivity index (χ2v) is 16.1. The van der Waals surface area contributed by atoms with Crippen molar-refractivity contribution in [1.29, 1.82) is 0 Å². The number of fused-ring (bicyclic) bond motifs is 3. The van der Waals surface area contributed by atoms with Crippen LogP contribution in [0.25, 0.3) is 61.6 Å². The Kier molecular flexibility index (Phi) is 9.72. The van der Waals surface area contributed by atoms with Gasteiger partial charge in [0, 0.05) is 33.9 Å². The highest BCUT2D eigenvalue weighted by Crippen LogP contribution is 2.49. The van der Waals surface area contributed by atoms with Gasteiger partial charge in [-0.25, -0.2) is 0 Å². The summed E-state index contributed by atoms with van der Waals surface area (Å²) in [6, 6.07) is 88.1. The Morgan fingerprint density at radius 1 is 0.403 bits per heavy atom. The first kappa shape index (κ1) is 37.1. The van der Waals surface area contributed by atoms with Crippen LogP contribution in [0.3, 0.4) is 0 Å². The summed E-state index contributed by atoms with van der Waals surface area (Å²) in [5, 5.41) is 1.28. The lowest BCUT2D eigenvalue weighted by atomic mass is 9.78. The summed E-state index contributed by atoms with van der Waals surface area (Å²) in [6.07, 6.45) is 3.33. The lowest BCUT2D eigenvalue weighted by molar-refractivity contribution is 0.831. The molecule has 1 heterocycles. The van der Waals surface area contributed by atoms with Crippen LogP contribution in [0.4, 0.5) is 17.1 Å². The number of aromatic nitrogens is 1. The zero-order chi connectivity index (χ0) is 41.2. The minimum Gasteiger partial charge on any atom is -0.310 e. The Labute approximate surface area is 364 Å². The number of hydrogen-bond acceptors (Lipinski definition) is 1. The summed E-state index contributed by atoms with van der Waals surface area (Å²) in [5.41, 5.74) is 19.4. The molecule has 11 rings (SSSR count). The second kappa shape index (κ2) is 16.3. The van der Waals surface area contributed by atoms with E-state index >= 15 is 0 Å². The van der Waals surface area contributed by atoms with Crippen LogP contribution in [0, 0.1) is 0 Å². The molecule has 0 fully saturated rings. The molecule has 0 amide bonds. The molecule has 0 radical (unpaired) electrons. The van der Waals surface area contributed by atoms with Crippen molar-refractivity contribution < 1.29 is 0 Å². The molecular weight excluding hydrogens is 749 g/mol. The zero-order valence-corrected chi connectivity index (χ0v) is 34.4. The first-order chi connectivity index (χ1) is 30.8. The lowest BCUT2D eigenvalue weighted by Crippen LogP contribution is -2.13. The van der Waals surface area contributed by atoms with E-state index in [0.29, 0.717) is 0 Å². The molecular formula is C60H44N2. The Balaban J connectivity index is 1.12. The summed E-state index contributed by atoms with van der Waals surface area (Å²) >= 11 is 0. The fourth-order valence-corrected chi connectivity index (χ4v) is 9.46. The maximum atomic E-state index is 2.49. The van der Waals surface area contributed by atoms with Crippen molar-refractivity contribution in [2.24, 2.45) is 0 Å². The van der Waals surface area contributed by atoms with Gasteiger partial charge >= 0.3 is 0 Å². The van der Waals surface area contributed by atoms with Crippen molar-refractivity contribution in [2.75, 3.05) is 4.90 Å². The van der Waals surface area contributed by atoms with Gasteiger partial charge in [0.25, 0.3) is 0 Å². The molecule has 9 aromatic carbocycles. The third-order valence-electron chi connectivity index (χ3n) is 12.4.